The van der Waals surface area contributed by atoms with E-state index in [0.29, 0.717) is 12.3 Å². The Bertz CT molecular complexity index is 971. The second-order valence-electron chi connectivity index (χ2n) is 7.00. The number of fused-ring (bicyclic) bond motifs is 1. The molecule has 0 bridgehead atoms. The van der Waals surface area contributed by atoms with Crippen LogP contribution in [0.4, 0.5) is 5.69 Å². The average Bonchev–Trinajstić information content (AvgIpc) is 2.60. The molecule has 0 spiro atoms. The van der Waals surface area contributed by atoms with Gasteiger partial charge in [0.15, 0.2) is 22.6 Å². The first-order valence-corrected chi connectivity index (χ1v) is 10.8. The summed E-state index contributed by atoms with van der Waals surface area (Å²) in [5.74, 6) is 0.326. The average molecular weight is 377 g/mol. The van der Waals surface area contributed by atoms with Gasteiger partial charge in [-0.25, -0.2) is 8.42 Å². The van der Waals surface area contributed by atoms with E-state index in [1.54, 1.807) is 12.1 Å². The molecular formula is C19H23NO5S. The molecule has 0 aliphatic heterocycles. The number of rotatable bonds is 6. The SMILES string of the molecule is CS(=O)(=O)Nc1cccc2c(=O)cc(C(=O)CCC3CCCCC3)oc12. The number of ketones is 1. The third-order valence-corrected chi connectivity index (χ3v) is 5.42. The van der Waals surface area contributed by atoms with Crippen LogP contribution in [-0.4, -0.2) is 20.5 Å². The van der Waals surface area contributed by atoms with Crippen molar-refractivity contribution in [3.63, 3.8) is 0 Å². The largest absolute Gasteiger partial charge is 0.450 e. The lowest BCUT2D eigenvalue weighted by atomic mass is 9.85. The molecule has 140 valence electrons. The first kappa shape index (κ1) is 18.6. The zero-order valence-electron chi connectivity index (χ0n) is 14.8. The molecule has 3 rings (SSSR count). The maximum Gasteiger partial charge on any atom is 0.229 e. The van der Waals surface area contributed by atoms with Crippen LogP contribution in [0.15, 0.2) is 33.5 Å². The lowest BCUT2D eigenvalue weighted by Crippen LogP contribution is -2.13. The molecular weight excluding hydrogens is 354 g/mol. The Kier molecular flexibility index (Phi) is 5.46. The van der Waals surface area contributed by atoms with E-state index in [1.165, 1.54) is 31.4 Å². The molecule has 1 aliphatic rings. The molecule has 1 fully saturated rings. The molecule has 1 saturated carbocycles. The number of hydrogen-bond donors (Lipinski definition) is 1. The standard InChI is InChI=1S/C19H23NO5S/c1-26(23,24)20-15-9-5-8-14-17(22)12-18(25-19(14)15)16(21)11-10-13-6-3-2-4-7-13/h5,8-9,12-13,20H,2-4,6-7,10-11H2,1H3. The molecule has 0 unspecified atom stereocenters. The Hall–Kier alpha value is -2.15. The van der Waals surface area contributed by atoms with Crippen LogP contribution in [0.3, 0.4) is 0 Å². The number of nitrogens with one attached hydrogen (secondary N) is 1. The van der Waals surface area contributed by atoms with Gasteiger partial charge in [0.05, 0.1) is 17.3 Å². The summed E-state index contributed by atoms with van der Waals surface area (Å²) in [6, 6.07) is 5.82. The molecule has 6 nitrogen and oxygen atoms in total. The van der Waals surface area contributed by atoms with Gasteiger partial charge in [-0.2, -0.15) is 0 Å². The van der Waals surface area contributed by atoms with E-state index in [-0.39, 0.29) is 33.6 Å². The van der Waals surface area contributed by atoms with E-state index in [4.69, 9.17) is 4.42 Å². The molecule has 0 amide bonds. The highest BCUT2D eigenvalue weighted by Crippen LogP contribution is 2.28. The summed E-state index contributed by atoms with van der Waals surface area (Å²) in [7, 11) is -3.54. The number of para-hydroxylation sites is 1. The highest BCUT2D eigenvalue weighted by Gasteiger charge is 2.19. The minimum atomic E-state index is -3.54. The normalized spacial score (nSPS) is 15.9. The zero-order chi connectivity index (χ0) is 18.7. The third kappa shape index (κ3) is 4.52. The topological polar surface area (TPSA) is 93.5 Å². The van der Waals surface area contributed by atoms with Crippen LogP contribution in [0.2, 0.25) is 0 Å². The minimum Gasteiger partial charge on any atom is -0.450 e. The van der Waals surface area contributed by atoms with Crippen LogP contribution in [0, 0.1) is 5.92 Å². The number of hydrogen-bond acceptors (Lipinski definition) is 5. The van der Waals surface area contributed by atoms with Crippen LogP contribution >= 0.6 is 0 Å². The Labute approximate surface area is 152 Å². The summed E-state index contributed by atoms with van der Waals surface area (Å²) in [6.07, 6.45) is 8.14. The van der Waals surface area contributed by atoms with Crippen molar-refractivity contribution in [1.29, 1.82) is 0 Å². The second kappa shape index (κ2) is 7.61. The van der Waals surface area contributed by atoms with E-state index in [1.807, 2.05) is 0 Å². The molecule has 0 radical (unpaired) electrons. The summed E-state index contributed by atoms with van der Waals surface area (Å²) in [5.41, 5.74) is -0.111. The highest BCUT2D eigenvalue weighted by atomic mass is 32.2. The first-order chi connectivity index (χ1) is 12.3. The minimum absolute atomic E-state index is 0.0129. The number of carbonyl (C=O) groups is 1. The van der Waals surface area contributed by atoms with E-state index < -0.39 is 10.0 Å². The maximum atomic E-state index is 12.5. The molecule has 0 saturated heterocycles. The number of sulfonamides is 1. The van der Waals surface area contributed by atoms with Crippen LogP contribution in [0.25, 0.3) is 11.0 Å². The van der Waals surface area contributed by atoms with Gasteiger partial charge in [-0.05, 0) is 24.5 Å². The van der Waals surface area contributed by atoms with Gasteiger partial charge < -0.3 is 4.42 Å². The number of anilines is 1. The quantitative estimate of drug-likeness (QED) is 0.775. The monoisotopic (exact) mass is 377 g/mol. The zero-order valence-corrected chi connectivity index (χ0v) is 15.6. The van der Waals surface area contributed by atoms with E-state index >= 15 is 0 Å². The molecule has 1 N–H and O–H groups in total. The summed E-state index contributed by atoms with van der Waals surface area (Å²) in [5, 5.41) is 0.238. The molecule has 1 aromatic carbocycles. The smallest absolute Gasteiger partial charge is 0.229 e. The van der Waals surface area contributed by atoms with E-state index in [2.05, 4.69) is 4.72 Å². The van der Waals surface area contributed by atoms with Crippen molar-refractivity contribution in [2.24, 2.45) is 5.92 Å². The second-order valence-corrected chi connectivity index (χ2v) is 8.75. The Balaban J connectivity index is 1.87. The number of benzene rings is 1. The first-order valence-electron chi connectivity index (χ1n) is 8.91. The van der Waals surface area contributed by atoms with E-state index in [9.17, 15) is 18.0 Å². The van der Waals surface area contributed by atoms with Crippen molar-refractivity contribution in [3.05, 3.63) is 40.2 Å². The van der Waals surface area contributed by atoms with Crippen LogP contribution in [0.5, 0.6) is 0 Å². The predicted molar refractivity (Wildman–Crippen MR) is 101 cm³/mol. The molecule has 26 heavy (non-hydrogen) atoms. The maximum absolute atomic E-state index is 12.5. The van der Waals surface area contributed by atoms with Gasteiger partial charge in [-0.3, -0.25) is 14.3 Å². The number of Topliss-reactive ketones (excluding diaryl/α,β-unsaturated/α-hetero) is 1. The van der Waals surface area contributed by atoms with Gasteiger partial charge in [0, 0.05) is 12.5 Å². The van der Waals surface area contributed by atoms with Crippen LogP contribution in [-0.2, 0) is 10.0 Å². The molecule has 7 heteroatoms. The van der Waals surface area contributed by atoms with E-state index in [0.717, 1.165) is 25.5 Å². The molecule has 0 atom stereocenters. The fraction of sp³-hybridized carbons (Fsp3) is 0.474. The van der Waals surface area contributed by atoms with Crippen molar-refractivity contribution in [2.75, 3.05) is 11.0 Å². The molecule has 1 heterocycles. The van der Waals surface area contributed by atoms with Gasteiger partial charge in [0.1, 0.15) is 0 Å². The fourth-order valence-corrected chi connectivity index (χ4v) is 4.09. The Morgan fingerprint density at radius 1 is 1.23 bits per heavy atom. The summed E-state index contributed by atoms with van der Waals surface area (Å²) >= 11 is 0. The highest BCUT2D eigenvalue weighted by molar-refractivity contribution is 7.92. The Morgan fingerprint density at radius 2 is 1.96 bits per heavy atom. The van der Waals surface area contributed by atoms with Crippen molar-refractivity contribution < 1.29 is 17.6 Å². The third-order valence-electron chi connectivity index (χ3n) is 4.83. The fourth-order valence-electron chi connectivity index (χ4n) is 3.53. The van der Waals surface area contributed by atoms with Crippen molar-refractivity contribution in [1.82, 2.24) is 0 Å². The predicted octanol–water partition coefficient (Wildman–Crippen LogP) is 3.71. The molecule has 2 aromatic rings. The number of carbonyl (C=O) groups excluding carboxylic acids is 1. The Morgan fingerprint density at radius 3 is 2.65 bits per heavy atom. The van der Waals surface area contributed by atoms with Crippen LogP contribution in [0.1, 0.15) is 55.5 Å². The summed E-state index contributed by atoms with van der Waals surface area (Å²) in [4.78, 5) is 24.8. The summed E-state index contributed by atoms with van der Waals surface area (Å²) in [6.45, 7) is 0. The summed E-state index contributed by atoms with van der Waals surface area (Å²) < 4.78 is 31.0. The lowest BCUT2D eigenvalue weighted by Gasteiger charge is -2.20. The van der Waals surface area contributed by atoms with Gasteiger partial charge in [-0.15, -0.1) is 0 Å². The van der Waals surface area contributed by atoms with Gasteiger partial charge in [-0.1, -0.05) is 38.2 Å². The molecule has 1 aromatic heterocycles. The molecule has 1 aliphatic carbocycles. The van der Waals surface area contributed by atoms with Crippen LogP contribution < -0.4 is 10.2 Å². The lowest BCUT2D eigenvalue weighted by molar-refractivity contribution is 0.0944. The van der Waals surface area contributed by atoms with Gasteiger partial charge >= 0.3 is 0 Å². The van der Waals surface area contributed by atoms with Gasteiger partial charge in [0.25, 0.3) is 0 Å². The van der Waals surface area contributed by atoms with Crippen molar-refractivity contribution in [3.8, 4) is 0 Å². The van der Waals surface area contributed by atoms with Crippen molar-refractivity contribution in [2.45, 2.75) is 44.9 Å². The van der Waals surface area contributed by atoms with Gasteiger partial charge in [0.2, 0.25) is 10.0 Å². The van der Waals surface area contributed by atoms with Crippen molar-refractivity contribution >= 4 is 32.5 Å².